The topological polar surface area (TPSA) is 110 Å². The Morgan fingerprint density at radius 2 is 1.96 bits per heavy atom. The van der Waals surface area contributed by atoms with Crippen LogP contribution in [0.4, 0.5) is 5.69 Å². The minimum atomic E-state index is -3.50. The number of hydrogen-bond acceptors (Lipinski definition) is 6. The number of aromatic nitrogens is 2. The maximum Gasteiger partial charge on any atom is 0.277 e. The highest BCUT2D eigenvalue weighted by Crippen LogP contribution is 2.29. The molecule has 0 aliphatic rings. The van der Waals surface area contributed by atoms with Crippen LogP contribution >= 0.6 is 0 Å². The molecule has 0 unspecified atom stereocenters. The predicted molar refractivity (Wildman–Crippen MR) is 103 cm³/mol. The minimum absolute atomic E-state index is 0.0537. The molecule has 0 saturated heterocycles. The molecular formula is C18H25N3O5S. The Balaban J connectivity index is 2.55. The van der Waals surface area contributed by atoms with Crippen molar-refractivity contribution in [1.29, 1.82) is 0 Å². The molecule has 0 bridgehead atoms. The molecule has 0 aliphatic heterocycles. The SMILES string of the molecule is COCCCNc1c(S(C)(=O)=O)ccc(C(=O)c2c(C)[nH]n(C)c2=O)c1C. The van der Waals surface area contributed by atoms with Crippen LogP contribution in [0.1, 0.15) is 33.6 Å². The van der Waals surface area contributed by atoms with Crippen molar-refractivity contribution in [3.63, 3.8) is 0 Å². The van der Waals surface area contributed by atoms with Crippen molar-refractivity contribution < 1.29 is 17.9 Å². The fraction of sp³-hybridized carbons (Fsp3) is 0.444. The molecule has 8 nitrogen and oxygen atoms in total. The molecular weight excluding hydrogens is 370 g/mol. The highest BCUT2D eigenvalue weighted by atomic mass is 32.2. The Kier molecular flexibility index (Phi) is 6.27. The number of aromatic amines is 1. The lowest BCUT2D eigenvalue weighted by Crippen LogP contribution is -2.21. The van der Waals surface area contributed by atoms with E-state index in [1.54, 1.807) is 21.0 Å². The van der Waals surface area contributed by atoms with E-state index in [1.165, 1.54) is 23.9 Å². The number of anilines is 1. The highest BCUT2D eigenvalue weighted by Gasteiger charge is 2.24. The maximum atomic E-state index is 13.0. The predicted octanol–water partition coefficient (Wildman–Crippen LogP) is 1.41. The van der Waals surface area contributed by atoms with Crippen molar-refractivity contribution in [2.24, 2.45) is 7.05 Å². The normalized spacial score (nSPS) is 11.6. The molecule has 27 heavy (non-hydrogen) atoms. The van der Waals surface area contributed by atoms with Crippen LogP contribution in [0.25, 0.3) is 0 Å². The number of hydrogen-bond donors (Lipinski definition) is 2. The molecule has 0 aliphatic carbocycles. The van der Waals surface area contributed by atoms with E-state index in [0.29, 0.717) is 36.5 Å². The lowest BCUT2D eigenvalue weighted by atomic mass is 9.98. The molecule has 0 saturated carbocycles. The summed E-state index contributed by atoms with van der Waals surface area (Å²) in [6.07, 6.45) is 1.80. The maximum absolute atomic E-state index is 13.0. The van der Waals surface area contributed by atoms with Gasteiger partial charge in [0.05, 0.1) is 10.6 Å². The summed E-state index contributed by atoms with van der Waals surface area (Å²) in [5.41, 5.74) is 1.26. The first-order valence-electron chi connectivity index (χ1n) is 8.46. The van der Waals surface area contributed by atoms with Gasteiger partial charge in [0.15, 0.2) is 9.84 Å². The third-order valence-corrected chi connectivity index (χ3v) is 5.49. The Bertz CT molecular complexity index is 1020. The first-order chi connectivity index (χ1) is 12.6. The van der Waals surface area contributed by atoms with E-state index in [2.05, 4.69) is 10.4 Å². The third-order valence-electron chi connectivity index (χ3n) is 4.35. The summed E-state index contributed by atoms with van der Waals surface area (Å²) in [5.74, 6) is -0.438. The van der Waals surface area contributed by atoms with Gasteiger partial charge in [0.1, 0.15) is 5.56 Å². The molecule has 0 atom stereocenters. The lowest BCUT2D eigenvalue weighted by Gasteiger charge is -2.16. The zero-order chi connectivity index (χ0) is 20.4. The summed E-state index contributed by atoms with van der Waals surface area (Å²) in [6.45, 7) is 4.34. The van der Waals surface area contributed by atoms with Gasteiger partial charge >= 0.3 is 0 Å². The number of sulfone groups is 1. The van der Waals surface area contributed by atoms with Crippen LogP contribution in [0.2, 0.25) is 0 Å². The van der Waals surface area contributed by atoms with Gasteiger partial charge in [-0.3, -0.25) is 19.4 Å². The van der Waals surface area contributed by atoms with Gasteiger partial charge in [-0.05, 0) is 38.0 Å². The molecule has 1 aromatic heterocycles. The van der Waals surface area contributed by atoms with Crippen molar-refractivity contribution >= 4 is 21.3 Å². The summed E-state index contributed by atoms with van der Waals surface area (Å²) in [6, 6.07) is 2.86. The summed E-state index contributed by atoms with van der Waals surface area (Å²) in [5, 5.41) is 5.90. The fourth-order valence-corrected chi connectivity index (χ4v) is 3.89. The molecule has 9 heteroatoms. The molecule has 0 radical (unpaired) electrons. The molecule has 2 N–H and O–H groups in total. The van der Waals surface area contributed by atoms with Gasteiger partial charge in [-0.25, -0.2) is 8.42 Å². The molecule has 2 aromatic rings. The molecule has 2 rings (SSSR count). The summed E-state index contributed by atoms with van der Waals surface area (Å²) in [7, 11) is -0.369. The van der Waals surface area contributed by atoms with Gasteiger partial charge in [-0.2, -0.15) is 0 Å². The first kappa shape index (κ1) is 20.9. The number of H-pyrrole nitrogens is 1. The minimum Gasteiger partial charge on any atom is -0.385 e. The van der Waals surface area contributed by atoms with Crippen LogP contribution in [0.3, 0.4) is 0 Å². The number of benzene rings is 1. The standard InChI is InChI=1S/C18H25N3O5S/c1-11-13(17(22)15-12(2)20-21(3)18(15)23)7-8-14(27(5,24)25)16(11)19-9-6-10-26-4/h7-8,19-20H,6,9-10H2,1-5H3. The number of nitrogens with one attached hydrogen (secondary N) is 2. The average molecular weight is 395 g/mol. The number of nitrogens with zero attached hydrogens (tertiary/aromatic N) is 1. The van der Waals surface area contributed by atoms with Gasteiger partial charge < -0.3 is 10.1 Å². The Morgan fingerprint density at radius 3 is 2.48 bits per heavy atom. The zero-order valence-corrected chi connectivity index (χ0v) is 17.0. The number of methoxy groups -OCH3 is 1. The van der Waals surface area contributed by atoms with Crippen molar-refractivity contribution in [1.82, 2.24) is 9.78 Å². The second-order valence-electron chi connectivity index (χ2n) is 6.46. The molecule has 0 amide bonds. The van der Waals surface area contributed by atoms with E-state index in [-0.39, 0.29) is 16.0 Å². The Hall–Kier alpha value is -2.39. The number of carbonyl (C=O) groups is 1. The lowest BCUT2D eigenvalue weighted by molar-refractivity contribution is 0.103. The van der Waals surface area contributed by atoms with Gasteiger partial charge in [-0.15, -0.1) is 0 Å². The molecule has 148 valence electrons. The summed E-state index contributed by atoms with van der Waals surface area (Å²) in [4.78, 5) is 25.4. The highest BCUT2D eigenvalue weighted by molar-refractivity contribution is 7.90. The zero-order valence-electron chi connectivity index (χ0n) is 16.2. The van der Waals surface area contributed by atoms with Crippen LogP contribution in [0.5, 0.6) is 0 Å². The van der Waals surface area contributed by atoms with Crippen LogP contribution in [0.15, 0.2) is 21.8 Å². The summed E-state index contributed by atoms with van der Waals surface area (Å²) < 4.78 is 30.5. The molecule has 1 heterocycles. The summed E-state index contributed by atoms with van der Waals surface area (Å²) >= 11 is 0. The van der Waals surface area contributed by atoms with Crippen LogP contribution in [-0.4, -0.2) is 50.5 Å². The number of rotatable bonds is 8. The monoisotopic (exact) mass is 395 g/mol. The van der Waals surface area contributed by atoms with Crippen LogP contribution in [-0.2, 0) is 21.6 Å². The molecule has 1 aromatic carbocycles. The second kappa shape index (κ2) is 8.10. The van der Waals surface area contributed by atoms with E-state index in [0.717, 1.165) is 6.26 Å². The molecule has 0 spiro atoms. The van der Waals surface area contributed by atoms with E-state index in [4.69, 9.17) is 4.74 Å². The van der Waals surface area contributed by atoms with Crippen molar-refractivity contribution in [3.8, 4) is 0 Å². The van der Waals surface area contributed by atoms with E-state index < -0.39 is 21.2 Å². The van der Waals surface area contributed by atoms with Crippen LogP contribution in [0, 0.1) is 13.8 Å². The second-order valence-corrected chi connectivity index (χ2v) is 8.45. The fourth-order valence-electron chi connectivity index (χ4n) is 2.98. The van der Waals surface area contributed by atoms with E-state index >= 15 is 0 Å². The largest absolute Gasteiger partial charge is 0.385 e. The first-order valence-corrected chi connectivity index (χ1v) is 10.4. The van der Waals surface area contributed by atoms with E-state index in [9.17, 15) is 18.0 Å². The third kappa shape index (κ3) is 4.30. The van der Waals surface area contributed by atoms with Crippen molar-refractivity contribution in [3.05, 3.63) is 44.9 Å². The number of ether oxygens (including phenoxy) is 1. The van der Waals surface area contributed by atoms with E-state index in [1.807, 2.05) is 0 Å². The van der Waals surface area contributed by atoms with Crippen LogP contribution < -0.4 is 10.9 Å². The smallest absolute Gasteiger partial charge is 0.277 e. The van der Waals surface area contributed by atoms with Gasteiger partial charge in [0.2, 0.25) is 5.78 Å². The quantitative estimate of drug-likeness (QED) is 0.517. The Morgan fingerprint density at radius 1 is 1.30 bits per heavy atom. The Labute approximate surface area is 158 Å². The number of ketones is 1. The number of aryl methyl sites for hydroxylation is 2. The molecule has 0 fully saturated rings. The van der Waals surface area contributed by atoms with Crippen molar-refractivity contribution in [2.75, 3.05) is 31.8 Å². The van der Waals surface area contributed by atoms with Gasteiger partial charge in [-0.1, -0.05) is 0 Å². The average Bonchev–Trinajstić information content (AvgIpc) is 2.83. The van der Waals surface area contributed by atoms with Gasteiger partial charge in [0.25, 0.3) is 5.56 Å². The van der Waals surface area contributed by atoms with Gasteiger partial charge in [0, 0.05) is 44.8 Å². The number of carbonyl (C=O) groups excluding carboxylic acids is 1. The van der Waals surface area contributed by atoms with Crippen molar-refractivity contribution in [2.45, 2.75) is 25.2 Å².